The Hall–Kier alpha value is -6.96. The summed E-state index contributed by atoms with van der Waals surface area (Å²) in [5.41, 5.74) is 27.3. The van der Waals surface area contributed by atoms with Crippen LogP contribution in [0, 0.1) is 0 Å². The molecule has 0 aromatic heterocycles. The van der Waals surface area contributed by atoms with Gasteiger partial charge in [-0.25, -0.2) is 0 Å². The normalized spacial score (nSPS) is 13.4. The zero-order chi connectivity index (χ0) is 40.0. The van der Waals surface area contributed by atoms with E-state index < -0.39 is 0 Å². The van der Waals surface area contributed by atoms with E-state index in [1.54, 1.807) is 0 Å². The van der Waals surface area contributed by atoms with Crippen molar-refractivity contribution in [1.29, 1.82) is 0 Å². The van der Waals surface area contributed by atoms with Crippen LogP contribution in [-0.4, -0.2) is 0 Å². The molecule has 1 aliphatic carbocycles. The molecule has 0 radical (unpaired) electrons. The Bertz CT molecular complexity index is 2800. The molecule has 0 saturated heterocycles. The van der Waals surface area contributed by atoms with Crippen LogP contribution >= 0.6 is 0 Å². The molecular formula is C58H49N. The highest BCUT2D eigenvalue weighted by Crippen LogP contribution is 2.45. The molecule has 1 aliphatic rings. The zero-order valence-electron chi connectivity index (χ0n) is 33.7. The number of benzene rings is 8. The van der Waals surface area contributed by atoms with E-state index in [2.05, 4.69) is 219 Å². The molecule has 1 nitrogen and oxygen atoms in total. The monoisotopic (exact) mass is 759 g/mol. The first-order chi connectivity index (χ1) is 29.1. The lowest BCUT2D eigenvalue weighted by molar-refractivity contribution is 0.742. The molecule has 1 atom stereocenters. The fraction of sp³-hybridized carbons (Fsp3) is 0.103. The van der Waals surface area contributed by atoms with Crippen molar-refractivity contribution in [2.24, 2.45) is 5.73 Å². The number of hydrogen-bond donors (Lipinski definition) is 1. The Morgan fingerprint density at radius 2 is 0.831 bits per heavy atom. The Morgan fingerprint density at radius 3 is 1.32 bits per heavy atom. The van der Waals surface area contributed by atoms with Gasteiger partial charge in [0, 0.05) is 17.2 Å². The highest BCUT2D eigenvalue weighted by molar-refractivity contribution is 6.00. The summed E-state index contributed by atoms with van der Waals surface area (Å²) in [5.74, 6) is 0.127. The third-order valence-electron chi connectivity index (χ3n) is 11.9. The molecule has 0 heterocycles. The highest BCUT2D eigenvalue weighted by Gasteiger charge is 2.19. The van der Waals surface area contributed by atoms with Gasteiger partial charge in [0.15, 0.2) is 0 Å². The van der Waals surface area contributed by atoms with Gasteiger partial charge < -0.3 is 5.73 Å². The van der Waals surface area contributed by atoms with Crippen molar-refractivity contribution < 1.29 is 0 Å². The van der Waals surface area contributed by atoms with E-state index >= 15 is 0 Å². The van der Waals surface area contributed by atoms with Gasteiger partial charge in [-0.05, 0) is 109 Å². The lowest BCUT2D eigenvalue weighted by Gasteiger charge is -2.20. The van der Waals surface area contributed by atoms with Gasteiger partial charge >= 0.3 is 0 Å². The van der Waals surface area contributed by atoms with Gasteiger partial charge in [0.05, 0.1) is 0 Å². The Balaban J connectivity index is 1.09. The SMILES string of the molecule is CC(/C=C(\N)c1ccccc1C1=CCCCC1)c1cccc(-c2ccccc2-c2ccccc2-c2ccccc2-c2ccccc2-c2ccccc2-c2ccccc2)c1. The van der Waals surface area contributed by atoms with Gasteiger partial charge in [-0.3, -0.25) is 0 Å². The van der Waals surface area contributed by atoms with E-state index in [4.69, 9.17) is 5.73 Å². The molecule has 1 heteroatoms. The molecule has 8 aromatic carbocycles. The highest BCUT2D eigenvalue weighted by atomic mass is 14.6. The number of nitrogens with two attached hydrogens (primary N) is 1. The van der Waals surface area contributed by atoms with Crippen LogP contribution in [0.25, 0.3) is 78.0 Å². The van der Waals surface area contributed by atoms with Crippen LogP contribution in [0.4, 0.5) is 0 Å². The maximum absolute atomic E-state index is 6.93. The van der Waals surface area contributed by atoms with Crippen molar-refractivity contribution in [3.05, 3.63) is 229 Å². The van der Waals surface area contributed by atoms with E-state index in [9.17, 15) is 0 Å². The third-order valence-corrected chi connectivity index (χ3v) is 11.9. The summed E-state index contributed by atoms with van der Waals surface area (Å²) < 4.78 is 0. The summed E-state index contributed by atoms with van der Waals surface area (Å²) in [7, 11) is 0. The topological polar surface area (TPSA) is 26.0 Å². The van der Waals surface area contributed by atoms with Crippen LogP contribution < -0.4 is 5.73 Å². The van der Waals surface area contributed by atoms with Crippen molar-refractivity contribution >= 4 is 11.3 Å². The maximum Gasteiger partial charge on any atom is 0.0359 e. The summed E-state index contributed by atoms with van der Waals surface area (Å²) in [6, 6.07) is 72.5. The van der Waals surface area contributed by atoms with E-state index in [0.29, 0.717) is 0 Å². The predicted molar refractivity (Wildman–Crippen MR) is 253 cm³/mol. The smallest absolute Gasteiger partial charge is 0.0359 e. The number of allylic oxidation sites excluding steroid dienone is 3. The first kappa shape index (κ1) is 37.6. The van der Waals surface area contributed by atoms with E-state index in [0.717, 1.165) is 24.1 Å². The third kappa shape index (κ3) is 7.85. The number of hydrogen-bond acceptors (Lipinski definition) is 1. The molecule has 9 rings (SSSR count). The summed E-state index contributed by atoms with van der Waals surface area (Å²) in [6.45, 7) is 2.25. The van der Waals surface area contributed by atoms with Crippen LogP contribution in [0.2, 0.25) is 0 Å². The lowest BCUT2D eigenvalue weighted by atomic mass is 9.84. The van der Waals surface area contributed by atoms with E-state index in [1.807, 2.05) is 0 Å². The van der Waals surface area contributed by atoms with Crippen molar-refractivity contribution in [1.82, 2.24) is 0 Å². The first-order valence-corrected chi connectivity index (χ1v) is 21.0. The van der Waals surface area contributed by atoms with Crippen LogP contribution in [0.5, 0.6) is 0 Å². The second kappa shape index (κ2) is 17.3. The molecule has 0 aliphatic heterocycles. The van der Waals surface area contributed by atoms with Gasteiger partial charge in [-0.15, -0.1) is 0 Å². The van der Waals surface area contributed by atoms with Crippen LogP contribution in [0.15, 0.2) is 212 Å². The van der Waals surface area contributed by atoms with Crippen molar-refractivity contribution in [2.45, 2.75) is 38.5 Å². The second-order valence-corrected chi connectivity index (χ2v) is 15.7. The molecule has 286 valence electrons. The molecule has 0 saturated carbocycles. The predicted octanol–water partition coefficient (Wildman–Crippen LogP) is 15.7. The van der Waals surface area contributed by atoms with Crippen LogP contribution in [0.1, 0.15) is 55.2 Å². The molecule has 2 N–H and O–H groups in total. The zero-order valence-corrected chi connectivity index (χ0v) is 33.7. The standard InChI is InChI=1S/C58H49N/c1-41(39-58(59)57-38-19-10-28-47(57)43-23-6-3-7-24-43)44-25-20-26-45(40-44)48-29-9-12-31-50(48)52-33-14-16-35-54(52)56-37-18-17-36-55(56)53-34-15-13-32-51(53)49-30-11-8-27-46(49)42-21-4-2-5-22-42/h2,4-5,8-23,25-41H,3,6-7,24,59H2,1H3/b58-39-. The van der Waals surface area contributed by atoms with Gasteiger partial charge in [0.1, 0.15) is 0 Å². The molecular weight excluding hydrogens is 711 g/mol. The van der Waals surface area contributed by atoms with Crippen molar-refractivity contribution in [2.75, 3.05) is 0 Å². The van der Waals surface area contributed by atoms with Crippen molar-refractivity contribution in [3.8, 4) is 66.8 Å². The largest absolute Gasteiger partial charge is 0.398 e. The van der Waals surface area contributed by atoms with Crippen molar-refractivity contribution in [3.63, 3.8) is 0 Å². The fourth-order valence-corrected chi connectivity index (χ4v) is 8.96. The molecule has 0 spiro atoms. The molecule has 8 aromatic rings. The second-order valence-electron chi connectivity index (χ2n) is 15.7. The Kier molecular flexibility index (Phi) is 11.0. The minimum atomic E-state index is 0.127. The molecule has 0 amide bonds. The lowest BCUT2D eigenvalue weighted by Crippen LogP contribution is -2.04. The molecule has 0 fully saturated rings. The molecule has 1 unspecified atom stereocenters. The minimum absolute atomic E-state index is 0.127. The summed E-state index contributed by atoms with van der Waals surface area (Å²) in [4.78, 5) is 0. The molecule has 0 bridgehead atoms. The quantitative estimate of drug-likeness (QED) is 0.148. The van der Waals surface area contributed by atoms with Gasteiger partial charge in [0.2, 0.25) is 0 Å². The maximum atomic E-state index is 6.93. The average molecular weight is 760 g/mol. The summed E-state index contributed by atoms with van der Waals surface area (Å²) in [5, 5.41) is 0. The average Bonchev–Trinajstić information content (AvgIpc) is 3.32. The summed E-state index contributed by atoms with van der Waals surface area (Å²) in [6.07, 6.45) is 9.41. The minimum Gasteiger partial charge on any atom is -0.398 e. The van der Waals surface area contributed by atoms with Gasteiger partial charge in [0.25, 0.3) is 0 Å². The fourth-order valence-electron chi connectivity index (χ4n) is 8.96. The Labute approximate surface area is 349 Å². The van der Waals surface area contributed by atoms with E-state index in [1.165, 1.54) is 96.3 Å². The first-order valence-electron chi connectivity index (χ1n) is 21.0. The van der Waals surface area contributed by atoms with E-state index in [-0.39, 0.29) is 5.92 Å². The number of rotatable bonds is 10. The van der Waals surface area contributed by atoms with Crippen LogP contribution in [-0.2, 0) is 0 Å². The van der Waals surface area contributed by atoms with Gasteiger partial charge in [-0.2, -0.15) is 0 Å². The Morgan fingerprint density at radius 1 is 0.424 bits per heavy atom. The van der Waals surface area contributed by atoms with Gasteiger partial charge in [-0.1, -0.05) is 219 Å². The molecule has 59 heavy (non-hydrogen) atoms. The summed E-state index contributed by atoms with van der Waals surface area (Å²) >= 11 is 0. The van der Waals surface area contributed by atoms with Crippen LogP contribution in [0.3, 0.4) is 0 Å².